The summed E-state index contributed by atoms with van der Waals surface area (Å²) in [5.41, 5.74) is 2.70. The lowest BCUT2D eigenvalue weighted by molar-refractivity contribution is 0.276. The first-order valence-corrected chi connectivity index (χ1v) is 6.24. The maximum atomic E-state index is 8.96. The van der Waals surface area contributed by atoms with Crippen LogP contribution in [0.4, 0.5) is 0 Å². The molecule has 1 heterocycles. The van der Waals surface area contributed by atoms with E-state index in [1.165, 1.54) is 11.8 Å². The molecule has 0 aliphatic rings. The number of nitrogens with zero attached hydrogens (tertiary/aromatic N) is 1. The van der Waals surface area contributed by atoms with E-state index in [9.17, 15) is 0 Å². The summed E-state index contributed by atoms with van der Waals surface area (Å²) in [6, 6.07) is 6.00. The summed E-state index contributed by atoms with van der Waals surface area (Å²) < 4.78 is 10.8. The van der Waals surface area contributed by atoms with Gasteiger partial charge in [0, 0.05) is 5.56 Å². The molecular formula is C15H19NO3. The molecule has 0 bridgehead atoms. The molecule has 102 valence electrons. The van der Waals surface area contributed by atoms with Crippen LogP contribution < -0.4 is 4.74 Å². The van der Waals surface area contributed by atoms with E-state index in [0.29, 0.717) is 5.69 Å². The lowest BCUT2D eigenvalue weighted by Crippen LogP contribution is -2.12. The van der Waals surface area contributed by atoms with E-state index in [1.807, 2.05) is 19.1 Å². The molecule has 0 aliphatic carbocycles. The fraction of sp³-hybridized carbons (Fsp3) is 0.400. The summed E-state index contributed by atoms with van der Waals surface area (Å²) in [6.45, 7) is 8.27. The third-order valence-electron chi connectivity index (χ3n) is 2.83. The van der Waals surface area contributed by atoms with E-state index >= 15 is 0 Å². The Morgan fingerprint density at radius 1 is 1.32 bits per heavy atom. The van der Waals surface area contributed by atoms with E-state index < -0.39 is 0 Å². The summed E-state index contributed by atoms with van der Waals surface area (Å²) in [5.74, 6) is 0.726. The number of hydrogen-bond acceptors (Lipinski definition) is 4. The fourth-order valence-corrected chi connectivity index (χ4v) is 1.82. The molecule has 19 heavy (non-hydrogen) atoms. The largest absolute Gasteiger partial charge is 0.417 e. The third-order valence-corrected chi connectivity index (χ3v) is 2.83. The van der Waals surface area contributed by atoms with Crippen molar-refractivity contribution in [3.05, 3.63) is 41.3 Å². The van der Waals surface area contributed by atoms with Crippen LogP contribution in [0.25, 0.3) is 0 Å². The Kier molecular flexibility index (Phi) is 3.62. The van der Waals surface area contributed by atoms with Crippen LogP contribution in [0.3, 0.4) is 0 Å². The van der Waals surface area contributed by atoms with Gasteiger partial charge in [-0.2, -0.15) is 4.98 Å². The van der Waals surface area contributed by atoms with Crippen molar-refractivity contribution >= 4 is 0 Å². The number of ether oxygens (including phenoxy) is 1. The molecule has 0 saturated carbocycles. The second-order valence-corrected chi connectivity index (χ2v) is 5.61. The molecule has 1 aromatic heterocycles. The van der Waals surface area contributed by atoms with Crippen LogP contribution in [-0.2, 0) is 12.0 Å². The Hall–Kier alpha value is -1.81. The topological polar surface area (TPSA) is 55.5 Å². The smallest absolute Gasteiger partial charge is 0.399 e. The molecule has 1 aromatic carbocycles. The minimum Gasteiger partial charge on any atom is -0.417 e. The van der Waals surface area contributed by atoms with Gasteiger partial charge >= 0.3 is 6.08 Å². The van der Waals surface area contributed by atoms with Gasteiger partial charge in [-0.3, -0.25) is 0 Å². The van der Waals surface area contributed by atoms with Gasteiger partial charge in [0.25, 0.3) is 0 Å². The van der Waals surface area contributed by atoms with Crippen LogP contribution >= 0.6 is 0 Å². The fourth-order valence-electron chi connectivity index (χ4n) is 1.82. The predicted molar refractivity (Wildman–Crippen MR) is 72.4 cm³/mol. The number of aryl methyl sites for hydroxylation is 1. The Balaban J connectivity index is 2.34. The zero-order valence-corrected chi connectivity index (χ0v) is 11.7. The molecule has 0 amide bonds. The number of hydrogen-bond donors (Lipinski definition) is 1. The first-order chi connectivity index (χ1) is 8.90. The van der Waals surface area contributed by atoms with Crippen molar-refractivity contribution in [3.8, 4) is 11.8 Å². The summed E-state index contributed by atoms with van der Waals surface area (Å²) in [7, 11) is 0. The Bertz CT molecular complexity index is 567. The molecule has 4 nitrogen and oxygen atoms in total. The van der Waals surface area contributed by atoms with E-state index in [2.05, 4.69) is 31.8 Å². The minimum atomic E-state index is -0.160. The van der Waals surface area contributed by atoms with Crippen molar-refractivity contribution in [2.75, 3.05) is 0 Å². The number of oxazole rings is 1. The molecule has 0 radical (unpaired) electrons. The average Bonchev–Trinajstić information content (AvgIpc) is 2.78. The number of aliphatic hydroxyl groups is 1. The second kappa shape index (κ2) is 5.05. The Labute approximate surface area is 113 Å². The highest BCUT2D eigenvalue weighted by molar-refractivity contribution is 5.42. The molecule has 0 saturated heterocycles. The van der Waals surface area contributed by atoms with Crippen molar-refractivity contribution in [1.29, 1.82) is 0 Å². The maximum Gasteiger partial charge on any atom is 0.399 e. The minimum absolute atomic E-state index is 0.0340. The lowest BCUT2D eigenvalue weighted by atomic mass is 9.85. The Morgan fingerprint density at radius 3 is 2.63 bits per heavy atom. The number of benzene rings is 1. The quantitative estimate of drug-likeness (QED) is 0.917. The van der Waals surface area contributed by atoms with E-state index in [0.717, 1.165) is 11.3 Å². The zero-order chi connectivity index (χ0) is 14.0. The van der Waals surface area contributed by atoms with Gasteiger partial charge in [0.15, 0.2) is 0 Å². The van der Waals surface area contributed by atoms with E-state index in [1.54, 1.807) is 0 Å². The highest BCUT2D eigenvalue weighted by Crippen LogP contribution is 2.34. The molecule has 1 N–H and O–H groups in total. The summed E-state index contributed by atoms with van der Waals surface area (Å²) in [6.07, 6.45) is 1.54. The highest BCUT2D eigenvalue weighted by Gasteiger charge is 2.20. The summed E-state index contributed by atoms with van der Waals surface area (Å²) in [4.78, 5) is 4.03. The number of aromatic nitrogens is 1. The molecule has 2 rings (SSSR count). The van der Waals surface area contributed by atoms with Crippen LogP contribution in [0.2, 0.25) is 0 Å². The van der Waals surface area contributed by atoms with Gasteiger partial charge in [-0.25, -0.2) is 0 Å². The molecule has 4 heteroatoms. The van der Waals surface area contributed by atoms with Crippen LogP contribution in [0, 0.1) is 6.92 Å². The van der Waals surface area contributed by atoms with Crippen molar-refractivity contribution in [2.24, 2.45) is 0 Å². The second-order valence-electron chi connectivity index (χ2n) is 5.61. The van der Waals surface area contributed by atoms with Gasteiger partial charge in [-0.1, -0.05) is 38.5 Å². The first-order valence-electron chi connectivity index (χ1n) is 6.24. The SMILES string of the molecule is Cc1ccc(Oc2nc(CO)co2)c(C(C)(C)C)c1. The highest BCUT2D eigenvalue weighted by atomic mass is 16.6. The van der Waals surface area contributed by atoms with E-state index in [-0.39, 0.29) is 18.1 Å². The van der Waals surface area contributed by atoms with Crippen molar-refractivity contribution in [1.82, 2.24) is 4.98 Å². The molecular weight excluding hydrogens is 242 g/mol. The van der Waals surface area contributed by atoms with Crippen LogP contribution in [0.1, 0.15) is 37.6 Å². The van der Waals surface area contributed by atoms with E-state index in [4.69, 9.17) is 14.3 Å². The van der Waals surface area contributed by atoms with Crippen LogP contribution in [0.5, 0.6) is 11.8 Å². The molecule has 2 aromatic rings. The van der Waals surface area contributed by atoms with Gasteiger partial charge in [-0.05, 0) is 18.4 Å². The monoisotopic (exact) mass is 261 g/mol. The zero-order valence-electron chi connectivity index (χ0n) is 11.7. The maximum absolute atomic E-state index is 8.96. The van der Waals surface area contributed by atoms with Crippen molar-refractivity contribution in [2.45, 2.75) is 39.7 Å². The van der Waals surface area contributed by atoms with Gasteiger partial charge in [-0.15, -0.1) is 0 Å². The van der Waals surface area contributed by atoms with Crippen molar-refractivity contribution < 1.29 is 14.3 Å². The normalized spacial score (nSPS) is 11.6. The van der Waals surface area contributed by atoms with Crippen molar-refractivity contribution in [3.63, 3.8) is 0 Å². The molecule has 0 spiro atoms. The number of aliphatic hydroxyl groups excluding tert-OH is 1. The Morgan fingerprint density at radius 2 is 2.05 bits per heavy atom. The molecule has 0 atom stereocenters. The summed E-state index contributed by atoms with van der Waals surface area (Å²) in [5, 5.41) is 8.96. The van der Waals surface area contributed by atoms with Gasteiger partial charge < -0.3 is 14.3 Å². The first kappa shape index (κ1) is 13.6. The average molecular weight is 261 g/mol. The number of rotatable bonds is 3. The summed E-state index contributed by atoms with van der Waals surface area (Å²) >= 11 is 0. The van der Waals surface area contributed by atoms with Gasteiger partial charge in [0.2, 0.25) is 0 Å². The predicted octanol–water partition coefficient (Wildman–Crippen LogP) is 3.57. The standard InChI is InChI=1S/C15H19NO3/c1-10-5-6-13(12(7-10)15(2,3)4)19-14-16-11(8-17)9-18-14/h5-7,9,17H,8H2,1-4H3. The van der Waals surface area contributed by atoms with Crippen LogP contribution in [0.15, 0.2) is 28.9 Å². The van der Waals surface area contributed by atoms with Gasteiger partial charge in [0.1, 0.15) is 17.7 Å². The van der Waals surface area contributed by atoms with Gasteiger partial charge in [0.05, 0.1) is 6.61 Å². The lowest BCUT2D eigenvalue weighted by Gasteiger charge is -2.22. The molecule has 0 aliphatic heterocycles. The third kappa shape index (κ3) is 3.15. The molecule has 0 fully saturated rings. The molecule has 0 unspecified atom stereocenters. The van der Waals surface area contributed by atoms with Crippen LogP contribution in [-0.4, -0.2) is 10.1 Å².